The van der Waals surface area contributed by atoms with Gasteiger partial charge in [-0.05, 0) is 5.56 Å². The molecule has 0 radical (unpaired) electrons. The average Bonchev–Trinajstić information content (AvgIpc) is 2.59. The zero-order valence-electron chi connectivity index (χ0n) is 12.9. The van der Waals surface area contributed by atoms with Crippen LogP contribution >= 0.6 is 0 Å². The quantitative estimate of drug-likeness (QED) is 0.652. The molecule has 0 aromatic heterocycles. The highest BCUT2D eigenvalue weighted by Crippen LogP contribution is 2.28. The van der Waals surface area contributed by atoms with Crippen molar-refractivity contribution in [1.29, 1.82) is 0 Å². The van der Waals surface area contributed by atoms with Crippen LogP contribution in [0.4, 0.5) is 10.5 Å². The molecular formula is C17H19N3O3. The summed E-state index contributed by atoms with van der Waals surface area (Å²) in [6.45, 7) is 0.478. The molecular weight excluding hydrogens is 294 g/mol. The van der Waals surface area contributed by atoms with Crippen LogP contribution in [0.15, 0.2) is 47.5 Å². The minimum absolute atomic E-state index is 0.169. The minimum Gasteiger partial charge on any atom is -0.494 e. The van der Waals surface area contributed by atoms with E-state index in [4.69, 9.17) is 20.9 Å². The Morgan fingerprint density at radius 2 is 1.96 bits per heavy atom. The molecule has 4 N–H and O–H groups in total. The lowest BCUT2D eigenvalue weighted by Crippen LogP contribution is -2.06. The fraction of sp³-hybridized carbons (Fsp3) is 0.176. The lowest BCUT2D eigenvalue weighted by atomic mass is 10.1. The highest BCUT2D eigenvalue weighted by molar-refractivity contribution is 5.94. The molecule has 120 valence electrons. The van der Waals surface area contributed by atoms with Crippen molar-refractivity contribution >= 4 is 18.0 Å². The van der Waals surface area contributed by atoms with E-state index in [9.17, 15) is 4.79 Å². The van der Waals surface area contributed by atoms with Crippen LogP contribution in [0.3, 0.4) is 0 Å². The molecule has 1 amide bonds. The summed E-state index contributed by atoms with van der Waals surface area (Å²) >= 11 is 0. The second-order valence-electron chi connectivity index (χ2n) is 4.76. The molecule has 0 saturated carbocycles. The molecule has 0 unspecified atom stereocenters. The Labute approximate surface area is 134 Å². The van der Waals surface area contributed by atoms with E-state index in [1.54, 1.807) is 12.1 Å². The van der Waals surface area contributed by atoms with Crippen molar-refractivity contribution in [3.8, 4) is 5.75 Å². The highest BCUT2D eigenvalue weighted by atomic mass is 16.5. The number of anilines is 1. The van der Waals surface area contributed by atoms with Crippen LogP contribution in [0.1, 0.15) is 16.7 Å². The normalized spacial score (nSPS) is 10.7. The van der Waals surface area contributed by atoms with Crippen molar-refractivity contribution in [3.05, 3.63) is 59.2 Å². The molecule has 0 fully saturated rings. The molecule has 2 rings (SSSR count). The maximum absolute atomic E-state index is 11.7. The number of rotatable bonds is 5. The average molecular weight is 313 g/mol. The van der Waals surface area contributed by atoms with Crippen LogP contribution in [0.5, 0.6) is 5.75 Å². The van der Waals surface area contributed by atoms with Crippen molar-refractivity contribution in [2.45, 2.75) is 13.2 Å². The highest BCUT2D eigenvalue weighted by Gasteiger charge is 2.09. The van der Waals surface area contributed by atoms with Crippen molar-refractivity contribution in [2.24, 2.45) is 10.7 Å². The van der Waals surface area contributed by atoms with Crippen molar-refractivity contribution in [2.75, 3.05) is 12.8 Å². The van der Waals surface area contributed by atoms with Gasteiger partial charge in [0.15, 0.2) is 0 Å². The van der Waals surface area contributed by atoms with Gasteiger partial charge in [0, 0.05) is 23.9 Å². The molecule has 0 aliphatic rings. The van der Waals surface area contributed by atoms with E-state index in [1.807, 2.05) is 30.3 Å². The Bertz CT molecular complexity index is 700. The number of nitrogen functional groups attached to an aromatic ring is 1. The van der Waals surface area contributed by atoms with Gasteiger partial charge in [-0.25, -0.2) is 4.79 Å². The van der Waals surface area contributed by atoms with Gasteiger partial charge in [-0.1, -0.05) is 42.5 Å². The summed E-state index contributed by atoms with van der Waals surface area (Å²) in [5, 5.41) is 0. The number of hydrogen-bond acceptors (Lipinski definition) is 5. The molecule has 0 saturated heterocycles. The number of carbonyl (C=O) groups excluding carboxylic acids is 1. The second kappa shape index (κ2) is 7.95. The first-order chi connectivity index (χ1) is 11.2. The third kappa shape index (κ3) is 4.31. The van der Waals surface area contributed by atoms with Crippen LogP contribution in [0.25, 0.3) is 0 Å². The van der Waals surface area contributed by atoms with Crippen LogP contribution in [0.2, 0.25) is 0 Å². The topological polar surface area (TPSA) is 99.9 Å². The first-order valence-corrected chi connectivity index (χ1v) is 7.06. The predicted molar refractivity (Wildman–Crippen MR) is 89.5 cm³/mol. The smallest absolute Gasteiger partial charge is 0.433 e. The van der Waals surface area contributed by atoms with E-state index in [0.29, 0.717) is 23.5 Å². The molecule has 0 bridgehead atoms. The minimum atomic E-state index is -0.685. The van der Waals surface area contributed by atoms with Gasteiger partial charge in [0.1, 0.15) is 12.4 Å². The van der Waals surface area contributed by atoms with E-state index in [0.717, 1.165) is 11.1 Å². The summed E-state index contributed by atoms with van der Waals surface area (Å²) in [6, 6.07) is 12.9. The van der Waals surface area contributed by atoms with Gasteiger partial charge in [-0.3, -0.25) is 0 Å². The summed E-state index contributed by atoms with van der Waals surface area (Å²) < 4.78 is 10.3. The molecule has 23 heavy (non-hydrogen) atoms. The van der Waals surface area contributed by atoms with Crippen molar-refractivity contribution < 1.29 is 14.3 Å². The lowest BCUT2D eigenvalue weighted by molar-refractivity contribution is 0.151. The molecule has 6 heteroatoms. The Hall–Kier alpha value is -2.86. The number of nitrogens with two attached hydrogens (primary N) is 2. The van der Waals surface area contributed by atoms with Gasteiger partial charge < -0.3 is 20.9 Å². The van der Waals surface area contributed by atoms with Crippen LogP contribution in [0, 0.1) is 0 Å². The van der Waals surface area contributed by atoms with Gasteiger partial charge in [0.2, 0.25) is 0 Å². The summed E-state index contributed by atoms with van der Waals surface area (Å²) in [5.74, 6) is 0.495. The number of amides is 1. The number of nitrogens with zero attached hydrogens (tertiary/aromatic N) is 1. The number of aliphatic imine (C=N–C) groups is 1. The third-order valence-electron chi connectivity index (χ3n) is 3.25. The van der Waals surface area contributed by atoms with E-state index in [1.165, 1.54) is 13.3 Å². The molecule has 2 aromatic carbocycles. The second-order valence-corrected chi connectivity index (χ2v) is 4.76. The fourth-order valence-electron chi connectivity index (χ4n) is 2.05. The summed E-state index contributed by atoms with van der Waals surface area (Å²) in [6.07, 6.45) is 0.668. The van der Waals surface area contributed by atoms with E-state index in [2.05, 4.69) is 4.99 Å². The maximum atomic E-state index is 11.7. The largest absolute Gasteiger partial charge is 0.494 e. The maximum Gasteiger partial charge on any atom is 0.433 e. The number of benzene rings is 2. The van der Waals surface area contributed by atoms with Gasteiger partial charge in [-0.2, -0.15) is 4.99 Å². The SMILES string of the molecule is COc1c(CN)ccc(/C=N\C(=O)OCc2ccccc2)c1N. The van der Waals surface area contributed by atoms with Crippen LogP contribution in [-0.4, -0.2) is 19.4 Å². The van der Waals surface area contributed by atoms with Gasteiger partial charge in [-0.15, -0.1) is 0 Å². The number of hydrogen-bond donors (Lipinski definition) is 2. The number of carbonyl (C=O) groups is 1. The van der Waals surface area contributed by atoms with Crippen LogP contribution < -0.4 is 16.2 Å². The van der Waals surface area contributed by atoms with Crippen molar-refractivity contribution in [3.63, 3.8) is 0 Å². The van der Waals surface area contributed by atoms with E-state index in [-0.39, 0.29) is 6.61 Å². The Morgan fingerprint density at radius 1 is 1.22 bits per heavy atom. The molecule has 0 atom stereocenters. The summed E-state index contributed by atoms with van der Waals surface area (Å²) in [7, 11) is 1.51. The summed E-state index contributed by atoms with van der Waals surface area (Å²) in [4.78, 5) is 15.4. The molecule has 0 aliphatic heterocycles. The van der Waals surface area contributed by atoms with Gasteiger partial charge in [0.05, 0.1) is 12.8 Å². The first-order valence-electron chi connectivity index (χ1n) is 7.06. The van der Waals surface area contributed by atoms with E-state index < -0.39 is 6.09 Å². The van der Waals surface area contributed by atoms with Crippen molar-refractivity contribution in [1.82, 2.24) is 0 Å². The lowest BCUT2D eigenvalue weighted by Gasteiger charge is -2.11. The van der Waals surface area contributed by atoms with Gasteiger partial charge >= 0.3 is 6.09 Å². The van der Waals surface area contributed by atoms with E-state index >= 15 is 0 Å². The molecule has 0 heterocycles. The standard InChI is InChI=1S/C17H19N3O3/c1-22-16-13(9-18)7-8-14(15(16)19)10-20-17(21)23-11-12-5-3-2-4-6-12/h2-8,10H,9,11,18-19H2,1H3/b20-10-. The Kier molecular flexibility index (Phi) is 5.71. The van der Waals surface area contributed by atoms with Crippen LogP contribution in [-0.2, 0) is 17.9 Å². The molecule has 2 aromatic rings. The predicted octanol–water partition coefficient (Wildman–Crippen LogP) is 2.49. The third-order valence-corrected chi connectivity index (χ3v) is 3.25. The number of ether oxygens (including phenoxy) is 2. The Balaban J connectivity index is 2.03. The zero-order valence-corrected chi connectivity index (χ0v) is 12.9. The zero-order chi connectivity index (χ0) is 16.7. The Morgan fingerprint density at radius 3 is 2.61 bits per heavy atom. The van der Waals surface area contributed by atoms with Gasteiger partial charge in [0.25, 0.3) is 0 Å². The first kappa shape index (κ1) is 16.5. The molecule has 0 spiro atoms. The number of methoxy groups -OCH3 is 1. The molecule has 0 aliphatic carbocycles. The fourth-order valence-corrected chi connectivity index (χ4v) is 2.05. The monoisotopic (exact) mass is 313 g/mol. The summed E-state index contributed by atoms with van der Waals surface area (Å²) in [5.41, 5.74) is 14.2. The molecule has 6 nitrogen and oxygen atoms in total.